The van der Waals surface area contributed by atoms with Crippen LogP contribution in [0.15, 0.2) is 29.6 Å². The molecule has 0 aliphatic carbocycles. The minimum atomic E-state index is 0.176. The molecule has 6 heteroatoms. The number of benzene rings is 1. The molecule has 1 fully saturated rings. The second-order valence-corrected chi connectivity index (χ2v) is 8.53. The highest BCUT2D eigenvalue weighted by atomic mass is 32.1. The van der Waals surface area contributed by atoms with E-state index in [2.05, 4.69) is 30.7 Å². The minimum absolute atomic E-state index is 0.176. The second-order valence-electron chi connectivity index (χ2n) is 7.59. The van der Waals surface area contributed by atoms with Crippen LogP contribution in [-0.2, 0) is 17.8 Å². The highest BCUT2D eigenvalue weighted by Crippen LogP contribution is 2.17. The van der Waals surface area contributed by atoms with Gasteiger partial charge in [-0.25, -0.2) is 4.98 Å². The normalized spacial score (nSPS) is 15.3. The average Bonchev–Trinajstić information content (AvgIpc) is 3.08. The van der Waals surface area contributed by atoms with Gasteiger partial charge in [-0.1, -0.05) is 31.5 Å². The Labute approximate surface area is 166 Å². The predicted octanol–water partition coefficient (Wildman–Crippen LogP) is 3.37. The second kappa shape index (κ2) is 9.33. The van der Waals surface area contributed by atoms with Gasteiger partial charge < -0.3 is 9.64 Å². The zero-order chi connectivity index (χ0) is 19.2. The third-order valence-corrected chi connectivity index (χ3v) is 5.53. The summed E-state index contributed by atoms with van der Waals surface area (Å²) in [6.45, 7) is 11.7. The lowest BCUT2D eigenvalue weighted by Crippen LogP contribution is -2.49. The van der Waals surface area contributed by atoms with Crippen LogP contribution in [0.2, 0.25) is 0 Å². The fourth-order valence-corrected chi connectivity index (χ4v) is 3.94. The largest absolute Gasteiger partial charge is 0.486 e. The maximum Gasteiger partial charge on any atom is 0.228 e. The minimum Gasteiger partial charge on any atom is -0.486 e. The fourth-order valence-electron chi connectivity index (χ4n) is 3.24. The molecule has 146 valence electrons. The molecule has 1 saturated heterocycles. The van der Waals surface area contributed by atoms with Gasteiger partial charge in [0.2, 0.25) is 5.91 Å². The summed E-state index contributed by atoms with van der Waals surface area (Å²) in [5.74, 6) is 1.69. The van der Waals surface area contributed by atoms with Crippen LogP contribution in [0.1, 0.15) is 30.1 Å². The molecular weight excluding hydrogens is 358 g/mol. The van der Waals surface area contributed by atoms with Crippen LogP contribution in [0.4, 0.5) is 0 Å². The van der Waals surface area contributed by atoms with Gasteiger partial charge in [0, 0.05) is 38.1 Å². The molecule has 0 bridgehead atoms. The van der Waals surface area contributed by atoms with E-state index in [1.165, 1.54) is 5.56 Å². The Kier molecular flexibility index (Phi) is 6.85. The van der Waals surface area contributed by atoms with Crippen LogP contribution in [0.25, 0.3) is 0 Å². The van der Waals surface area contributed by atoms with E-state index in [0.29, 0.717) is 18.9 Å². The van der Waals surface area contributed by atoms with E-state index in [9.17, 15) is 4.79 Å². The first-order valence-electron chi connectivity index (χ1n) is 9.62. The lowest BCUT2D eigenvalue weighted by molar-refractivity contribution is -0.132. The quantitative estimate of drug-likeness (QED) is 0.731. The summed E-state index contributed by atoms with van der Waals surface area (Å²) >= 11 is 1.55. The first-order valence-corrected chi connectivity index (χ1v) is 10.5. The Hall–Kier alpha value is -1.92. The van der Waals surface area contributed by atoms with Crippen molar-refractivity contribution in [1.29, 1.82) is 0 Å². The summed E-state index contributed by atoms with van der Waals surface area (Å²) in [7, 11) is 0. The average molecular weight is 388 g/mol. The van der Waals surface area contributed by atoms with Crippen molar-refractivity contribution in [3.63, 3.8) is 0 Å². The van der Waals surface area contributed by atoms with E-state index in [0.717, 1.165) is 49.2 Å². The molecule has 27 heavy (non-hydrogen) atoms. The van der Waals surface area contributed by atoms with Crippen molar-refractivity contribution in [2.45, 2.75) is 33.8 Å². The van der Waals surface area contributed by atoms with Crippen LogP contribution in [0.3, 0.4) is 0 Å². The molecule has 0 radical (unpaired) electrons. The van der Waals surface area contributed by atoms with Gasteiger partial charge in [0.15, 0.2) is 0 Å². The Morgan fingerprint density at radius 3 is 2.56 bits per heavy atom. The van der Waals surface area contributed by atoms with Crippen molar-refractivity contribution in [2.75, 3.05) is 32.7 Å². The molecule has 1 aliphatic rings. The summed E-state index contributed by atoms with van der Waals surface area (Å²) in [5.41, 5.74) is 2.06. The summed E-state index contributed by atoms with van der Waals surface area (Å²) in [4.78, 5) is 21.5. The van der Waals surface area contributed by atoms with Crippen LogP contribution >= 0.6 is 11.3 Å². The Bertz CT molecular complexity index is 734. The van der Waals surface area contributed by atoms with E-state index < -0.39 is 0 Å². The van der Waals surface area contributed by atoms with Gasteiger partial charge >= 0.3 is 0 Å². The predicted molar refractivity (Wildman–Crippen MR) is 109 cm³/mol. The van der Waals surface area contributed by atoms with E-state index >= 15 is 0 Å². The Balaban J connectivity index is 1.44. The van der Waals surface area contributed by atoms with Gasteiger partial charge in [0.25, 0.3) is 0 Å². The monoisotopic (exact) mass is 387 g/mol. The van der Waals surface area contributed by atoms with E-state index in [4.69, 9.17) is 4.74 Å². The summed E-state index contributed by atoms with van der Waals surface area (Å²) in [5, 5.41) is 2.88. The number of nitrogens with zero attached hydrogens (tertiary/aromatic N) is 3. The molecule has 2 aromatic rings. The molecule has 0 spiro atoms. The Morgan fingerprint density at radius 2 is 1.89 bits per heavy atom. The smallest absolute Gasteiger partial charge is 0.228 e. The number of hydrogen-bond acceptors (Lipinski definition) is 5. The third-order valence-electron chi connectivity index (χ3n) is 4.66. The highest BCUT2D eigenvalue weighted by molar-refractivity contribution is 7.09. The maximum atomic E-state index is 12.6. The molecule has 0 saturated carbocycles. The number of hydrogen-bond donors (Lipinski definition) is 0. The standard InChI is InChI=1S/C21H29N3O2S/c1-16(2)13-23-8-10-24(11-9-23)21(25)12-18-15-27-20(22-18)14-26-19-6-4-17(3)5-7-19/h4-7,15-16H,8-14H2,1-3H3. The number of ether oxygens (including phenoxy) is 1. The first-order chi connectivity index (χ1) is 13.0. The number of amides is 1. The van der Waals surface area contributed by atoms with Crippen molar-refractivity contribution >= 4 is 17.2 Å². The fraction of sp³-hybridized carbons (Fsp3) is 0.524. The number of aromatic nitrogens is 1. The highest BCUT2D eigenvalue weighted by Gasteiger charge is 2.22. The number of piperazine rings is 1. The van der Waals surface area contributed by atoms with Crippen molar-refractivity contribution in [3.05, 3.63) is 45.9 Å². The molecule has 0 unspecified atom stereocenters. The van der Waals surface area contributed by atoms with Gasteiger partial charge in [0.1, 0.15) is 17.4 Å². The van der Waals surface area contributed by atoms with Crippen LogP contribution in [0.5, 0.6) is 5.75 Å². The number of rotatable bonds is 7. The van der Waals surface area contributed by atoms with Gasteiger partial charge in [0.05, 0.1) is 12.1 Å². The molecule has 3 rings (SSSR count). The van der Waals surface area contributed by atoms with Crippen molar-refractivity contribution in [2.24, 2.45) is 5.92 Å². The van der Waals surface area contributed by atoms with Crippen molar-refractivity contribution in [3.8, 4) is 5.75 Å². The molecule has 0 N–H and O–H groups in total. The number of thiazole rings is 1. The molecule has 2 heterocycles. The SMILES string of the molecule is Cc1ccc(OCc2nc(CC(=O)N3CCN(CC(C)C)CC3)cs2)cc1. The lowest BCUT2D eigenvalue weighted by atomic mass is 10.2. The molecule has 5 nitrogen and oxygen atoms in total. The van der Waals surface area contributed by atoms with Crippen molar-refractivity contribution in [1.82, 2.24) is 14.8 Å². The summed E-state index contributed by atoms with van der Waals surface area (Å²) < 4.78 is 5.77. The Morgan fingerprint density at radius 1 is 1.19 bits per heavy atom. The molecule has 0 atom stereocenters. The number of carbonyl (C=O) groups excluding carboxylic acids is 1. The van der Waals surface area contributed by atoms with E-state index in [1.807, 2.05) is 34.5 Å². The van der Waals surface area contributed by atoms with Gasteiger partial charge in [-0.3, -0.25) is 9.69 Å². The van der Waals surface area contributed by atoms with Crippen LogP contribution < -0.4 is 4.74 Å². The topological polar surface area (TPSA) is 45.7 Å². The molecule has 1 aromatic carbocycles. The van der Waals surface area contributed by atoms with E-state index in [1.54, 1.807) is 11.3 Å². The molecule has 1 aromatic heterocycles. The maximum absolute atomic E-state index is 12.6. The lowest BCUT2D eigenvalue weighted by Gasteiger charge is -2.35. The van der Waals surface area contributed by atoms with Gasteiger partial charge in [-0.2, -0.15) is 0 Å². The molecular formula is C21H29N3O2S. The zero-order valence-electron chi connectivity index (χ0n) is 16.5. The first kappa shape index (κ1) is 19.8. The summed E-state index contributed by atoms with van der Waals surface area (Å²) in [6, 6.07) is 7.99. The molecule has 1 aliphatic heterocycles. The van der Waals surface area contributed by atoms with Crippen molar-refractivity contribution < 1.29 is 9.53 Å². The summed E-state index contributed by atoms with van der Waals surface area (Å²) in [6.07, 6.45) is 0.380. The molecule has 1 amide bonds. The zero-order valence-corrected chi connectivity index (χ0v) is 17.3. The number of carbonyl (C=O) groups is 1. The van der Waals surface area contributed by atoms with Crippen LogP contribution in [-0.4, -0.2) is 53.4 Å². The van der Waals surface area contributed by atoms with E-state index in [-0.39, 0.29) is 5.91 Å². The van der Waals surface area contributed by atoms with Gasteiger partial charge in [-0.15, -0.1) is 11.3 Å². The van der Waals surface area contributed by atoms with Gasteiger partial charge in [-0.05, 0) is 25.0 Å². The third kappa shape index (κ3) is 6.04. The number of aryl methyl sites for hydroxylation is 1. The van der Waals surface area contributed by atoms with Crippen LogP contribution in [0, 0.1) is 12.8 Å².